The Morgan fingerprint density at radius 1 is 0.938 bits per heavy atom. The second kappa shape index (κ2) is 2.12. The summed E-state index contributed by atoms with van der Waals surface area (Å²) in [6.45, 7) is 13.9. The lowest BCUT2D eigenvalue weighted by molar-refractivity contribution is 0.317. The summed E-state index contributed by atoms with van der Waals surface area (Å²) in [5.41, 5.74) is 3.48. The van der Waals surface area contributed by atoms with E-state index in [1.807, 2.05) is 0 Å². The Hall–Kier alpha value is -0.790. The largest absolute Gasteiger partial charge is 0.484 e. The predicted octanol–water partition coefficient (Wildman–Crippen LogP) is 3.19. The summed E-state index contributed by atoms with van der Waals surface area (Å²) in [6.07, 6.45) is 0. The summed E-state index contributed by atoms with van der Waals surface area (Å²) < 4.78 is 5.56. The summed E-state index contributed by atoms with van der Waals surface area (Å²) in [6, 6.07) is 0. The zero-order valence-corrected chi connectivity index (χ0v) is 11.4. The highest BCUT2D eigenvalue weighted by atomic mass is 16.5. The molecule has 2 nitrogen and oxygen atoms in total. The number of methoxy groups -OCH3 is 1. The number of hydrogen-bond acceptors (Lipinski definition) is 2. The van der Waals surface area contributed by atoms with E-state index in [-0.39, 0.29) is 21.8 Å². The summed E-state index contributed by atoms with van der Waals surface area (Å²) in [7, 11) is 1.75. The van der Waals surface area contributed by atoms with Crippen LogP contribution in [0.2, 0.25) is 0 Å². The molecule has 0 saturated heterocycles. The minimum absolute atomic E-state index is 0.0497. The van der Waals surface area contributed by atoms with E-state index in [0.29, 0.717) is 0 Å². The third kappa shape index (κ3) is 0.509. The highest BCUT2D eigenvalue weighted by molar-refractivity contribution is 5.96. The first-order valence-corrected chi connectivity index (χ1v) is 6.06. The normalized spacial score (nSPS) is 57.6. The van der Waals surface area contributed by atoms with Crippen molar-refractivity contribution in [2.75, 3.05) is 7.11 Å². The molecule has 0 aromatic heterocycles. The van der Waals surface area contributed by atoms with Gasteiger partial charge in [0.2, 0.25) is 0 Å². The van der Waals surface area contributed by atoms with Gasteiger partial charge in [-0.25, -0.2) is 4.99 Å². The summed E-state index contributed by atoms with van der Waals surface area (Å²) in [4.78, 5) is 4.89. The molecule has 16 heavy (non-hydrogen) atoms. The lowest BCUT2D eigenvalue weighted by atomic mass is 9.78. The molecule has 3 aliphatic rings. The molecule has 0 unspecified atom stereocenters. The summed E-state index contributed by atoms with van der Waals surface area (Å²) in [5.74, 6) is 0.955. The molecule has 2 aliphatic carbocycles. The maximum atomic E-state index is 5.56. The van der Waals surface area contributed by atoms with Gasteiger partial charge in [-0.1, -0.05) is 19.4 Å². The van der Waals surface area contributed by atoms with Crippen molar-refractivity contribution >= 4 is 5.90 Å². The van der Waals surface area contributed by atoms with Crippen LogP contribution in [0.15, 0.2) is 16.1 Å². The van der Waals surface area contributed by atoms with Crippen LogP contribution in [0.25, 0.3) is 0 Å². The lowest BCUT2D eigenvalue weighted by Crippen LogP contribution is -2.32. The van der Waals surface area contributed by atoms with Gasteiger partial charge in [0.15, 0.2) is 5.90 Å². The highest BCUT2D eigenvalue weighted by Crippen LogP contribution is 2.92. The van der Waals surface area contributed by atoms with E-state index >= 15 is 0 Å². The number of aliphatic imine (C=N–C) groups is 1. The summed E-state index contributed by atoms with van der Waals surface area (Å²) >= 11 is 0. The molecule has 1 fully saturated rings. The number of fused-ring (bicyclic) bond motifs is 1. The molecule has 4 atom stereocenters. The average Bonchev–Trinajstić information content (AvgIpc) is 2.53. The Labute approximate surface area is 97.8 Å². The molecule has 1 aliphatic heterocycles. The fourth-order valence-corrected chi connectivity index (χ4v) is 5.15. The van der Waals surface area contributed by atoms with Gasteiger partial charge in [-0.2, -0.15) is 0 Å². The third-order valence-electron chi connectivity index (χ3n) is 6.90. The van der Waals surface area contributed by atoms with Gasteiger partial charge in [-0.15, -0.1) is 0 Å². The fourth-order valence-electron chi connectivity index (χ4n) is 5.15. The van der Waals surface area contributed by atoms with Crippen molar-refractivity contribution < 1.29 is 4.74 Å². The molecule has 0 aromatic rings. The molecule has 1 saturated carbocycles. The zero-order valence-electron chi connectivity index (χ0n) is 11.4. The molecule has 0 amide bonds. The maximum absolute atomic E-state index is 5.56. The van der Waals surface area contributed by atoms with Gasteiger partial charge in [0.25, 0.3) is 0 Å². The Bertz CT molecular complexity index is 477. The molecule has 88 valence electrons. The van der Waals surface area contributed by atoms with Crippen LogP contribution >= 0.6 is 0 Å². The summed E-state index contributed by atoms with van der Waals surface area (Å²) in [5, 5.41) is 0. The second-order valence-electron chi connectivity index (χ2n) is 6.32. The SMILES string of the molecule is COC1=N[C@]2(C)C(C)=C(C)[C@]3(C)[C@@]1(C)[C@@]32C. The topological polar surface area (TPSA) is 21.6 Å². The molecule has 0 radical (unpaired) electrons. The second-order valence-corrected chi connectivity index (χ2v) is 6.32. The van der Waals surface area contributed by atoms with Crippen molar-refractivity contribution in [2.24, 2.45) is 21.2 Å². The molecule has 0 bridgehead atoms. The van der Waals surface area contributed by atoms with E-state index < -0.39 is 0 Å². The molecule has 0 aromatic carbocycles. The smallest absolute Gasteiger partial charge is 0.191 e. The first kappa shape index (κ1) is 10.4. The number of rotatable bonds is 0. The van der Waals surface area contributed by atoms with Gasteiger partial charge in [0, 0.05) is 10.8 Å². The first-order valence-electron chi connectivity index (χ1n) is 6.06. The molecule has 0 N–H and O–H groups in total. The van der Waals surface area contributed by atoms with Crippen molar-refractivity contribution in [3.63, 3.8) is 0 Å². The monoisotopic (exact) mass is 219 g/mol. The average molecular weight is 219 g/mol. The van der Waals surface area contributed by atoms with Gasteiger partial charge in [0.1, 0.15) is 0 Å². The van der Waals surface area contributed by atoms with Gasteiger partial charge in [-0.05, 0) is 33.3 Å². The lowest BCUT2D eigenvalue weighted by Gasteiger charge is -2.28. The predicted molar refractivity (Wildman–Crippen MR) is 65.5 cm³/mol. The van der Waals surface area contributed by atoms with E-state index in [2.05, 4.69) is 41.5 Å². The van der Waals surface area contributed by atoms with E-state index in [0.717, 1.165) is 5.90 Å². The van der Waals surface area contributed by atoms with E-state index in [4.69, 9.17) is 9.73 Å². The Morgan fingerprint density at radius 2 is 1.50 bits per heavy atom. The zero-order chi connectivity index (χ0) is 12.1. The van der Waals surface area contributed by atoms with E-state index in [1.165, 1.54) is 11.1 Å². The van der Waals surface area contributed by atoms with Crippen LogP contribution in [-0.4, -0.2) is 18.5 Å². The van der Waals surface area contributed by atoms with Crippen LogP contribution in [0, 0.1) is 16.2 Å². The van der Waals surface area contributed by atoms with Crippen LogP contribution in [0.1, 0.15) is 41.5 Å². The molecule has 1 heterocycles. The number of allylic oxidation sites excluding steroid dienone is 1. The highest BCUT2D eigenvalue weighted by Gasteiger charge is 2.94. The van der Waals surface area contributed by atoms with Gasteiger partial charge >= 0.3 is 0 Å². The van der Waals surface area contributed by atoms with Crippen molar-refractivity contribution in [1.82, 2.24) is 0 Å². The Kier molecular flexibility index (Phi) is 1.37. The van der Waals surface area contributed by atoms with Crippen LogP contribution in [0.3, 0.4) is 0 Å². The first-order chi connectivity index (χ1) is 7.23. The standard InChI is InChI=1S/C14H21NO/c1-8-9(2)13(5)14(6)11(8,3)12(14,4)10(15-13)16-7/h1-7H3/t11-,12+,13-,14-/m1/s1. The Morgan fingerprint density at radius 3 is 1.88 bits per heavy atom. The van der Waals surface area contributed by atoms with Crippen molar-refractivity contribution in [2.45, 2.75) is 47.1 Å². The quantitative estimate of drug-likeness (QED) is 0.573. The van der Waals surface area contributed by atoms with Crippen molar-refractivity contribution in [3.8, 4) is 0 Å². The number of ether oxygens (including phenoxy) is 1. The molecular weight excluding hydrogens is 198 g/mol. The van der Waals surface area contributed by atoms with Crippen LogP contribution in [0.5, 0.6) is 0 Å². The van der Waals surface area contributed by atoms with Gasteiger partial charge in [-0.3, -0.25) is 0 Å². The van der Waals surface area contributed by atoms with E-state index in [1.54, 1.807) is 7.11 Å². The van der Waals surface area contributed by atoms with Crippen molar-refractivity contribution in [1.29, 1.82) is 0 Å². The Balaban J connectivity index is 2.34. The van der Waals surface area contributed by atoms with Crippen LogP contribution in [-0.2, 0) is 4.74 Å². The minimum Gasteiger partial charge on any atom is -0.484 e. The molecule has 3 rings (SSSR count). The van der Waals surface area contributed by atoms with Gasteiger partial charge in [0.05, 0.1) is 18.1 Å². The number of nitrogens with zero attached hydrogens (tertiary/aromatic N) is 1. The van der Waals surface area contributed by atoms with Gasteiger partial charge < -0.3 is 4.74 Å². The maximum Gasteiger partial charge on any atom is 0.191 e. The minimum atomic E-state index is -0.0497. The fraction of sp³-hybridized carbons (Fsp3) is 0.786. The number of hydrogen-bond donors (Lipinski definition) is 0. The van der Waals surface area contributed by atoms with Crippen LogP contribution in [0.4, 0.5) is 0 Å². The van der Waals surface area contributed by atoms with Crippen molar-refractivity contribution in [3.05, 3.63) is 11.1 Å². The van der Waals surface area contributed by atoms with Crippen LogP contribution < -0.4 is 0 Å². The molecule has 2 heteroatoms. The van der Waals surface area contributed by atoms with E-state index in [9.17, 15) is 0 Å². The molecular formula is C14H21NO. The third-order valence-corrected chi connectivity index (χ3v) is 6.90. The molecule has 0 spiro atoms.